The molecular weight excluding hydrogens is 280 g/mol. The van der Waals surface area contributed by atoms with Gasteiger partial charge in [-0.05, 0) is 37.5 Å². The molecule has 1 N–H and O–H groups in total. The molecule has 0 saturated heterocycles. The van der Waals surface area contributed by atoms with Crippen LogP contribution >= 0.6 is 15.9 Å². The van der Waals surface area contributed by atoms with Gasteiger partial charge in [-0.25, -0.2) is 0 Å². The molecule has 0 aliphatic heterocycles. The van der Waals surface area contributed by atoms with Gasteiger partial charge in [-0.15, -0.1) is 0 Å². The minimum Gasteiger partial charge on any atom is -0.348 e. The van der Waals surface area contributed by atoms with Crippen LogP contribution < -0.4 is 5.32 Å². The highest BCUT2D eigenvalue weighted by molar-refractivity contribution is 9.10. The average Bonchev–Trinajstić information content (AvgIpc) is 3.10. The molecule has 2 rings (SSSR count). The molecule has 0 bridgehead atoms. The summed E-state index contributed by atoms with van der Waals surface area (Å²) in [7, 11) is 0. The molecule has 0 aromatic heterocycles. The van der Waals surface area contributed by atoms with Gasteiger partial charge in [0, 0.05) is 4.47 Å². The summed E-state index contributed by atoms with van der Waals surface area (Å²) >= 11 is 3.37. The molecule has 0 radical (unpaired) electrons. The molecule has 3 nitrogen and oxygen atoms in total. The highest BCUT2D eigenvalue weighted by Gasteiger charge is 2.50. The van der Waals surface area contributed by atoms with Crippen LogP contribution in [0.25, 0.3) is 0 Å². The number of nitrogens with one attached hydrogen (secondary N) is 1. The van der Waals surface area contributed by atoms with Crippen LogP contribution in [0.3, 0.4) is 0 Å². The number of amides is 1. The fraction of sp³-hybridized carbons (Fsp3) is 0.385. The Bertz CT molecular complexity index is 471. The third-order valence-electron chi connectivity index (χ3n) is 3.12. The van der Waals surface area contributed by atoms with E-state index in [1.807, 2.05) is 31.2 Å². The number of carbonyl (C=O) groups is 1. The van der Waals surface area contributed by atoms with Crippen LogP contribution in [-0.4, -0.2) is 5.91 Å². The molecule has 1 saturated carbocycles. The van der Waals surface area contributed by atoms with Gasteiger partial charge in [0.05, 0.1) is 12.1 Å². The van der Waals surface area contributed by atoms with E-state index < -0.39 is 5.41 Å². The molecule has 4 heteroatoms. The van der Waals surface area contributed by atoms with Gasteiger partial charge in [0.1, 0.15) is 5.41 Å². The highest BCUT2D eigenvalue weighted by atomic mass is 79.9. The van der Waals surface area contributed by atoms with Crippen LogP contribution in [0.4, 0.5) is 0 Å². The zero-order valence-corrected chi connectivity index (χ0v) is 11.1. The second-order valence-electron chi connectivity index (χ2n) is 4.44. The predicted molar refractivity (Wildman–Crippen MR) is 68.0 cm³/mol. The second kappa shape index (κ2) is 4.50. The Hall–Kier alpha value is -1.34. The van der Waals surface area contributed by atoms with Gasteiger partial charge in [0.15, 0.2) is 0 Å². The Morgan fingerprint density at radius 2 is 2.06 bits per heavy atom. The maximum absolute atomic E-state index is 11.9. The lowest BCUT2D eigenvalue weighted by Crippen LogP contribution is -2.33. The van der Waals surface area contributed by atoms with E-state index in [2.05, 4.69) is 27.3 Å². The first-order chi connectivity index (χ1) is 8.07. The van der Waals surface area contributed by atoms with Gasteiger partial charge in [-0.2, -0.15) is 5.26 Å². The smallest absolute Gasteiger partial charge is 0.240 e. The highest BCUT2D eigenvalue weighted by Crippen LogP contribution is 2.45. The molecule has 0 heterocycles. The number of carbonyl (C=O) groups excluding carboxylic acids is 1. The van der Waals surface area contributed by atoms with Crippen molar-refractivity contribution in [3.63, 3.8) is 0 Å². The summed E-state index contributed by atoms with van der Waals surface area (Å²) in [5, 5.41) is 11.8. The molecule has 1 amide bonds. The normalized spacial score (nSPS) is 17.9. The van der Waals surface area contributed by atoms with E-state index in [1.165, 1.54) is 0 Å². The van der Waals surface area contributed by atoms with Crippen molar-refractivity contribution < 1.29 is 4.79 Å². The van der Waals surface area contributed by atoms with Crippen LogP contribution in [0.1, 0.15) is 31.4 Å². The molecule has 1 fully saturated rings. The molecule has 88 valence electrons. The fourth-order valence-electron chi connectivity index (χ4n) is 1.68. The molecule has 1 aromatic rings. The van der Waals surface area contributed by atoms with Crippen molar-refractivity contribution in [3.8, 4) is 6.07 Å². The van der Waals surface area contributed by atoms with Gasteiger partial charge in [-0.3, -0.25) is 4.79 Å². The van der Waals surface area contributed by atoms with Gasteiger partial charge in [0.2, 0.25) is 5.91 Å². The Morgan fingerprint density at radius 3 is 2.53 bits per heavy atom. The second-order valence-corrected chi connectivity index (χ2v) is 5.36. The SMILES string of the molecule is CC(NC(=O)C1(C#N)CC1)c1ccc(Br)cc1. The van der Waals surface area contributed by atoms with Crippen molar-refractivity contribution >= 4 is 21.8 Å². The third-order valence-corrected chi connectivity index (χ3v) is 3.64. The molecule has 0 spiro atoms. The molecule has 1 unspecified atom stereocenters. The van der Waals surface area contributed by atoms with Crippen LogP contribution in [0.15, 0.2) is 28.7 Å². The van der Waals surface area contributed by atoms with Crippen molar-refractivity contribution in [3.05, 3.63) is 34.3 Å². The molecule has 1 aliphatic carbocycles. The summed E-state index contributed by atoms with van der Waals surface area (Å²) in [5.41, 5.74) is 0.291. The third kappa shape index (κ3) is 2.50. The number of nitrogens with zero attached hydrogens (tertiary/aromatic N) is 1. The summed E-state index contributed by atoms with van der Waals surface area (Å²) in [6, 6.07) is 9.83. The number of halogens is 1. The minimum atomic E-state index is -0.746. The van der Waals surface area contributed by atoms with Crippen LogP contribution in [-0.2, 0) is 4.79 Å². The monoisotopic (exact) mass is 292 g/mol. The first kappa shape index (κ1) is 12.1. The lowest BCUT2D eigenvalue weighted by molar-refractivity contribution is -0.125. The van der Waals surface area contributed by atoms with E-state index in [0.29, 0.717) is 12.8 Å². The fourth-order valence-corrected chi connectivity index (χ4v) is 1.95. The summed E-state index contributed by atoms with van der Waals surface area (Å²) in [6.07, 6.45) is 1.37. The van der Waals surface area contributed by atoms with Crippen molar-refractivity contribution in [2.45, 2.75) is 25.8 Å². The van der Waals surface area contributed by atoms with E-state index in [-0.39, 0.29) is 11.9 Å². The first-order valence-corrected chi connectivity index (χ1v) is 6.34. The predicted octanol–water partition coefficient (Wildman–Crippen LogP) is 2.93. The standard InChI is InChI=1S/C13H13BrN2O/c1-9(10-2-4-11(14)5-3-10)16-12(17)13(8-15)6-7-13/h2-5,9H,6-7H2,1H3,(H,16,17). The van der Waals surface area contributed by atoms with E-state index in [0.717, 1.165) is 10.0 Å². The lowest BCUT2D eigenvalue weighted by Gasteiger charge is -2.16. The van der Waals surface area contributed by atoms with E-state index in [1.54, 1.807) is 0 Å². The summed E-state index contributed by atoms with van der Waals surface area (Å²) in [4.78, 5) is 11.9. The van der Waals surface area contributed by atoms with E-state index in [9.17, 15) is 4.79 Å². The maximum atomic E-state index is 11.9. The van der Waals surface area contributed by atoms with Gasteiger partial charge in [-0.1, -0.05) is 28.1 Å². The van der Waals surface area contributed by atoms with Crippen LogP contribution in [0.5, 0.6) is 0 Å². The Kier molecular flexibility index (Phi) is 3.21. The quantitative estimate of drug-likeness (QED) is 0.931. The molecule has 17 heavy (non-hydrogen) atoms. The van der Waals surface area contributed by atoms with Crippen LogP contribution in [0.2, 0.25) is 0 Å². The number of hydrogen-bond donors (Lipinski definition) is 1. The summed E-state index contributed by atoms with van der Waals surface area (Å²) in [6.45, 7) is 1.93. The van der Waals surface area contributed by atoms with Crippen molar-refractivity contribution in [1.82, 2.24) is 5.32 Å². The Morgan fingerprint density at radius 1 is 1.47 bits per heavy atom. The van der Waals surface area contributed by atoms with E-state index in [4.69, 9.17) is 5.26 Å². The number of rotatable bonds is 3. The number of benzene rings is 1. The van der Waals surface area contributed by atoms with E-state index >= 15 is 0 Å². The largest absolute Gasteiger partial charge is 0.348 e. The number of nitriles is 1. The summed E-state index contributed by atoms with van der Waals surface area (Å²) in [5.74, 6) is -0.143. The molecule has 1 aliphatic rings. The first-order valence-electron chi connectivity index (χ1n) is 5.55. The Balaban J connectivity index is 2.02. The minimum absolute atomic E-state index is 0.0681. The Labute approximate surface area is 109 Å². The van der Waals surface area contributed by atoms with Gasteiger partial charge >= 0.3 is 0 Å². The van der Waals surface area contributed by atoms with Crippen molar-refractivity contribution in [2.75, 3.05) is 0 Å². The summed E-state index contributed by atoms with van der Waals surface area (Å²) < 4.78 is 1.01. The lowest BCUT2D eigenvalue weighted by atomic mass is 10.1. The van der Waals surface area contributed by atoms with Crippen LogP contribution in [0, 0.1) is 16.7 Å². The zero-order chi connectivity index (χ0) is 12.5. The maximum Gasteiger partial charge on any atom is 0.240 e. The molecule has 1 atom stereocenters. The van der Waals surface area contributed by atoms with Crippen molar-refractivity contribution in [2.24, 2.45) is 5.41 Å². The zero-order valence-electron chi connectivity index (χ0n) is 9.53. The number of hydrogen-bond acceptors (Lipinski definition) is 2. The molecular formula is C13H13BrN2O. The topological polar surface area (TPSA) is 52.9 Å². The van der Waals surface area contributed by atoms with Gasteiger partial charge < -0.3 is 5.32 Å². The van der Waals surface area contributed by atoms with Crippen molar-refractivity contribution in [1.29, 1.82) is 5.26 Å². The molecule has 1 aromatic carbocycles. The average molecular weight is 293 g/mol. The van der Waals surface area contributed by atoms with Gasteiger partial charge in [0.25, 0.3) is 0 Å².